The summed E-state index contributed by atoms with van der Waals surface area (Å²) >= 11 is 0. The molecule has 0 aliphatic heterocycles. The van der Waals surface area contributed by atoms with Crippen molar-refractivity contribution in [3.05, 3.63) is 0 Å². The fourth-order valence-electron chi connectivity index (χ4n) is 4.48. The van der Waals surface area contributed by atoms with E-state index in [1.165, 1.54) is 6.42 Å². The Morgan fingerprint density at radius 1 is 1.07 bits per heavy atom. The predicted molar refractivity (Wildman–Crippen MR) is 111 cm³/mol. The van der Waals surface area contributed by atoms with Gasteiger partial charge in [0.1, 0.15) is 0 Å². The van der Waals surface area contributed by atoms with Gasteiger partial charge < -0.3 is 15.2 Å². The number of carbonyl (C=O) groups excluding carboxylic acids is 1. The number of alkyl carbamates (subject to hydrolysis) is 1. The highest BCUT2D eigenvalue weighted by molar-refractivity contribution is 5.93. The van der Waals surface area contributed by atoms with Crippen LogP contribution in [-0.4, -0.2) is 35.7 Å². The summed E-state index contributed by atoms with van der Waals surface area (Å²) in [5.74, 6) is 1.42. The summed E-state index contributed by atoms with van der Waals surface area (Å²) in [6.45, 7) is 7.08. The number of hydrogen-bond acceptors (Lipinski definition) is 3. The minimum atomic E-state index is -1.06. The molecule has 0 aromatic rings. The van der Waals surface area contributed by atoms with E-state index in [1.807, 2.05) is 0 Å². The molecule has 6 nitrogen and oxygen atoms in total. The molecule has 0 radical (unpaired) electrons. The minimum Gasteiger partial charge on any atom is -0.463 e. The second kappa shape index (κ2) is 10.8. The van der Waals surface area contributed by atoms with Gasteiger partial charge in [0.25, 0.3) is 0 Å². The summed E-state index contributed by atoms with van der Waals surface area (Å²) in [6, 6.07) is 0.243. The first kappa shape index (κ1) is 22.7. The van der Waals surface area contributed by atoms with Gasteiger partial charge >= 0.3 is 12.2 Å². The van der Waals surface area contributed by atoms with Crippen LogP contribution in [0, 0.1) is 17.3 Å². The van der Waals surface area contributed by atoms with Gasteiger partial charge in [0, 0.05) is 11.8 Å². The summed E-state index contributed by atoms with van der Waals surface area (Å²) in [6.07, 6.45) is 10.00. The number of aliphatic imine (C=N–C) groups is 1. The molecule has 160 valence electrons. The van der Waals surface area contributed by atoms with Gasteiger partial charge in [-0.15, -0.1) is 0 Å². The van der Waals surface area contributed by atoms with Crippen molar-refractivity contribution in [2.45, 2.75) is 97.4 Å². The number of carboxylic acid groups (broad SMARTS) is 1. The summed E-state index contributed by atoms with van der Waals surface area (Å²) in [5.41, 5.74) is 1.12. The highest BCUT2D eigenvalue weighted by Crippen LogP contribution is 2.34. The molecule has 28 heavy (non-hydrogen) atoms. The molecule has 2 amide bonds. The van der Waals surface area contributed by atoms with Crippen LogP contribution in [0.25, 0.3) is 0 Å². The largest absolute Gasteiger partial charge is 0.463 e. The first-order valence-corrected chi connectivity index (χ1v) is 10.9. The van der Waals surface area contributed by atoms with Crippen LogP contribution in [0.15, 0.2) is 4.99 Å². The van der Waals surface area contributed by atoms with Gasteiger partial charge in [0.15, 0.2) is 0 Å². The number of rotatable bonds is 6. The number of nitrogens with zero attached hydrogens (tertiary/aromatic N) is 1. The van der Waals surface area contributed by atoms with Crippen molar-refractivity contribution in [2.24, 2.45) is 22.2 Å². The average Bonchev–Trinajstić information content (AvgIpc) is 2.61. The van der Waals surface area contributed by atoms with Crippen LogP contribution in [0.2, 0.25) is 0 Å². The Morgan fingerprint density at radius 3 is 2.25 bits per heavy atom. The van der Waals surface area contributed by atoms with Crippen molar-refractivity contribution >= 4 is 17.9 Å². The Morgan fingerprint density at radius 2 is 1.68 bits per heavy atom. The maximum Gasteiger partial charge on any atom is 0.431 e. The minimum absolute atomic E-state index is 0.243. The molecule has 2 aliphatic carbocycles. The number of amides is 2. The first-order chi connectivity index (χ1) is 13.2. The normalized spacial score (nSPS) is 25.8. The second-order valence-electron chi connectivity index (χ2n) is 9.80. The lowest BCUT2D eigenvalue weighted by Gasteiger charge is -2.32. The van der Waals surface area contributed by atoms with Crippen LogP contribution < -0.4 is 5.32 Å². The summed E-state index contributed by atoms with van der Waals surface area (Å²) in [7, 11) is 0. The van der Waals surface area contributed by atoms with Gasteiger partial charge in [-0.3, -0.25) is 0 Å². The topological polar surface area (TPSA) is 88.0 Å². The smallest absolute Gasteiger partial charge is 0.431 e. The van der Waals surface area contributed by atoms with Crippen LogP contribution in [0.1, 0.15) is 91.4 Å². The third-order valence-corrected chi connectivity index (χ3v) is 6.08. The Bertz CT molecular complexity index is 535. The molecule has 0 spiro atoms. The highest BCUT2D eigenvalue weighted by Gasteiger charge is 2.27. The second-order valence-corrected chi connectivity index (χ2v) is 9.80. The fraction of sp³-hybridized carbons (Fsp3) is 0.864. The Labute approximate surface area is 169 Å². The quantitative estimate of drug-likeness (QED) is 0.557. The molecule has 0 aromatic heterocycles. The third-order valence-electron chi connectivity index (χ3n) is 6.08. The summed E-state index contributed by atoms with van der Waals surface area (Å²) in [5, 5.41) is 11.8. The van der Waals surface area contributed by atoms with Gasteiger partial charge in [-0.05, 0) is 87.9 Å². The molecule has 2 N–H and O–H groups in total. The van der Waals surface area contributed by atoms with E-state index in [0.29, 0.717) is 12.5 Å². The molecule has 0 unspecified atom stereocenters. The zero-order valence-corrected chi connectivity index (χ0v) is 17.8. The molecule has 2 fully saturated rings. The summed E-state index contributed by atoms with van der Waals surface area (Å²) in [4.78, 5) is 26.3. The fourth-order valence-corrected chi connectivity index (χ4v) is 4.48. The highest BCUT2D eigenvalue weighted by atomic mass is 16.5. The molecule has 6 heteroatoms. The van der Waals surface area contributed by atoms with E-state index in [2.05, 4.69) is 31.1 Å². The molecule has 0 saturated heterocycles. The van der Waals surface area contributed by atoms with Crippen molar-refractivity contribution in [2.75, 3.05) is 6.61 Å². The molecule has 0 bridgehead atoms. The first-order valence-electron chi connectivity index (χ1n) is 10.9. The Kier molecular flexibility index (Phi) is 8.77. The van der Waals surface area contributed by atoms with E-state index in [1.54, 1.807) is 0 Å². The monoisotopic (exact) mass is 394 g/mol. The average molecular weight is 395 g/mol. The molecular formula is C22H38N2O4. The van der Waals surface area contributed by atoms with Crippen LogP contribution in [0.3, 0.4) is 0 Å². The third kappa shape index (κ3) is 9.07. The van der Waals surface area contributed by atoms with Crippen molar-refractivity contribution in [3.63, 3.8) is 0 Å². The van der Waals surface area contributed by atoms with Crippen molar-refractivity contribution < 1.29 is 19.4 Å². The predicted octanol–water partition coefficient (Wildman–Crippen LogP) is 5.80. The molecule has 2 rings (SSSR count). The number of ether oxygens (including phenoxy) is 1. The van der Waals surface area contributed by atoms with Crippen LogP contribution in [-0.2, 0) is 4.74 Å². The molecule has 0 heterocycles. The van der Waals surface area contributed by atoms with E-state index in [4.69, 9.17) is 9.84 Å². The van der Waals surface area contributed by atoms with Crippen LogP contribution >= 0.6 is 0 Å². The zero-order chi connectivity index (χ0) is 20.6. The van der Waals surface area contributed by atoms with Crippen molar-refractivity contribution in [1.82, 2.24) is 5.32 Å². The van der Waals surface area contributed by atoms with E-state index in [-0.39, 0.29) is 17.6 Å². The molecule has 2 aliphatic rings. The number of carbonyl (C=O) groups is 2. The summed E-state index contributed by atoms with van der Waals surface area (Å²) < 4.78 is 5.32. The zero-order valence-electron chi connectivity index (χ0n) is 17.8. The lowest BCUT2D eigenvalue weighted by Crippen LogP contribution is -2.38. The van der Waals surface area contributed by atoms with E-state index >= 15 is 0 Å². The lowest BCUT2D eigenvalue weighted by molar-refractivity contribution is 0.130. The van der Waals surface area contributed by atoms with E-state index in [0.717, 1.165) is 75.8 Å². The maximum absolute atomic E-state index is 12.0. The number of nitrogens with one attached hydrogen (secondary N) is 1. The van der Waals surface area contributed by atoms with Gasteiger partial charge in [-0.1, -0.05) is 20.8 Å². The lowest BCUT2D eigenvalue weighted by atomic mass is 9.76. The van der Waals surface area contributed by atoms with Crippen molar-refractivity contribution in [3.8, 4) is 0 Å². The van der Waals surface area contributed by atoms with Crippen LogP contribution in [0.4, 0.5) is 9.59 Å². The van der Waals surface area contributed by atoms with E-state index < -0.39 is 6.09 Å². The molecule has 0 aromatic carbocycles. The Hall–Kier alpha value is -1.59. The standard InChI is InChI=1S/C22H38N2O4/c1-22(2,3)13-4-14-28-21(27)24-19-11-7-17(8-12-19)15-16-5-9-18(10-6-16)23-20(25)26/h16-17,19H,4-15H2,1-3H3,(H,24,27)(H,25,26). The maximum atomic E-state index is 12.0. The SMILES string of the molecule is CC(C)(C)CCCOC(=O)NC1CCC(CC2CCC(=NC(=O)O)CC2)CC1. The molecule has 0 atom stereocenters. The van der Waals surface area contributed by atoms with Gasteiger partial charge in [-0.2, -0.15) is 4.99 Å². The molecular weight excluding hydrogens is 356 g/mol. The molecule has 2 saturated carbocycles. The van der Waals surface area contributed by atoms with E-state index in [9.17, 15) is 9.59 Å². The van der Waals surface area contributed by atoms with Gasteiger partial charge in [0.05, 0.1) is 6.61 Å². The van der Waals surface area contributed by atoms with Gasteiger partial charge in [-0.25, -0.2) is 9.59 Å². The number of hydrogen-bond donors (Lipinski definition) is 2. The Balaban J connectivity index is 1.57. The van der Waals surface area contributed by atoms with Crippen molar-refractivity contribution in [1.29, 1.82) is 0 Å². The van der Waals surface area contributed by atoms with Crippen LogP contribution in [0.5, 0.6) is 0 Å². The van der Waals surface area contributed by atoms with Gasteiger partial charge in [0.2, 0.25) is 0 Å².